The van der Waals surface area contributed by atoms with E-state index in [0.29, 0.717) is 0 Å². The van der Waals surface area contributed by atoms with Crippen molar-refractivity contribution >= 4 is 34.8 Å². The maximum absolute atomic E-state index is 5.93. The fourth-order valence-electron chi connectivity index (χ4n) is 1.03. The maximum Gasteiger partial charge on any atom is 0.289 e. The predicted octanol–water partition coefficient (Wildman–Crippen LogP) is 3.98. The van der Waals surface area contributed by atoms with Gasteiger partial charge >= 0.3 is 0 Å². The zero-order valence-electron chi connectivity index (χ0n) is 6.42. The van der Waals surface area contributed by atoms with Crippen LogP contribution >= 0.6 is 34.8 Å². The van der Waals surface area contributed by atoms with Gasteiger partial charge in [-0.1, -0.05) is 29.8 Å². The summed E-state index contributed by atoms with van der Waals surface area (Å²) in [6, 6.07) is 7.30. The summed E-state index contributed by atoms with van der Waals surface area (Å²) < 4.78 is 0. The van der Waals surface area contributed by atoms with Gasteiger partial charge in [0, 0.05) is 5.56 Å². The Morgan fingerprint density at radius 2 is 1.92 bits per heavy atom. The molecule has 0 atom stereocenters. The standard InChI is InChI=1S/C8H5Cl3N2/c9-7(10)5-2-1-3-6(4-5)8(11)12-13-8/h1-4,7H. The summed E-state index contributed by atoms with van der Waals surface area (Å²) in [5.41, 5.74) is 1.61. The molecule has 1 aliphatic heterocycles. The number of halogens is 3. The maximum atomic E-state index is 5.93. The molecule has 2 nitrogen and oxygen atoms in total. The highest BCUT2D eigenvalue weighted by atomic mass is 35.5. The molecule has 13 heavy (non-hydrogen) atoms. The molecule has 0 bridgehead atoms. The Balaban J connectivity index is 2.33. The molecule has 0 unspecified atom stereocenters. The molecule has 0 spiro atoms. The molecule has 0 amide bonds. The van der Waals surface area contributed by atoms with Crippen molar-refractivity contribution in [2.75, 3.05) is 0 Å². The van der Waals surface area contributed by atoms with Gasteiger partial charge in [-0.3, -0.25) is 0 Å². The molecule has 0 aromatic heterocycles. The Labute approximate surface area is 90.5 Å². The predicted molar refractivity (Wildman–Crippen MR) is 53.3 cm³/mol. The van der Waals surface area contributed by atoms with Crippen molar-refractivity contribution in [2.24, 2.45) is 10.2 Å². The second-order valence-electron chi connectivity index (χ2n) is 2.71. The molecule has 0 aliphatic carbocycles. The molecule has 1 aromatic rings. The zero-order chi connectivity index (χ0) is 9.47. The van der Waals surface area contributed by atoms with Crippen LogP contribution < -0.4 is 0 Å². The van der Waals surface area contributed by atoms with E-state index in [9.17, 15) is 0 Å². The first-order valence-electron chi connectivity index (χ1n) is 3.63. The minimum absolute atomic E-state index is 0.543. The van der Waals surface area contributed by atoms with Crippen LogP contribution in [-0.4, -0.2) is 0 Å². The highest BCUT2D eigenvalue weighted by Gasteiger charge is 2.39. The van der Waals surface area contributed by atoms with E-state index >= 15 is 0 Å². The molecule has 0 N–H and O–H groups in total. The van der Waals surface area contributed by atoms with Crippen LogP contribution in [0.5, 0.6) is 0 Å². The summed E-state index contributed by atoms with van der Waals surface area (Å²) >= 11 is 17.3. The number of alkyl halides is 3. The van der Waals surface area contributed by atoms with Crippen molar-refractivity contribution < 1.29 is 0 Å². The van der Waals surface area contributed by atoms with E-state index < -0.39 is 9.96 Å². The molecule has 1 heterocycles. The molecular weight excluding hydrogens is 230 g/mol. The second kappa shape index (κ2) is 3.12. The van der Waals surface area contributed by atoms with Crippen molar-refractivity contribution in [2.45, 2.75) is 9.96 Å². The molecule has 1 aromatic carbocycles. The summed E-state index contributed by atoms with van der Waals surface area (Å²) in [7, 11) is 0. The first-order chi connectivity index (χ1) is 6.12. The Hall–Kier alpha value is -0.310. The Kier molecular flexibility index (Phi) is 2.22. The van der Waals surface area contributed by atoms with Gasteiger partial charge in [-0.05, 0) is 11.6 Å². The number of hydrogen-bond acceptors (Lipinski definition) is 2. The van der Waals surface area contributed by atoms with E-state index in [-0.39, 0.29) is 0 Å². The lowest BCUT2D eigenvalue weighted by Gasteiger charge is -2.05. The highest BCUT2D eigenvalue weighted by molar-refractivity contribution is 6.44. The van der Waals surface area contributed by atoms with Crippen LogP contribution in [0.1, 0.15) is 16.0 Å². The average Bonchev–Trinajstić information content (AvgIpc) is 2.85. The third-order valence-electron chi connectivity index (χ3n) is 1.78. The Morgan fingerprint density at radius 1 is 1.23 bits per heavy atom. The smallest absolute Gasteiger partial charge is 0.135 e. The summed E-state index contributed by atoms with van der Waals surface area (Å²) in [5, 5.41) is 6.54. The van der Waals surface area contributed by atoms with Gasteiger partial charge in [0.2, 0.25) is 0 Å². The molecule has 0 fully saturated rings. The number of rotatable bonds is 2. The van der Waals surface area contributed by atoms with Crippen molar-refractivity contribution in [1.29, 1.82) is 0 Å². The topological polar surface area (TPSA) is 24.7 Å². The summed E-state index contributed by atoms with van der Waals surface area (Å²) in [6.07, 6.45) is 0. The van der Waals surface area contributed by atoms with Crippen molar-refractivity contribution in [3.8, 4) is 0 Å². The fourth-order valence-corrected chi connectivity index (χ4v) is 1.46. The van der Waals surface area contributed by atoms with Gasteiger partial charge in [-0.2, -0.15) is 0 Å². The number of nitrogens with zero attached hydrogens (tertiary/aromatic N) is 2. The number of benzene rings is 1. The number of hydrogen-bond donors (Lipinski definition) is 0. The lowest BCUT2D eigenvalue weighted by Crippen LogP contribution is -1.98. The van der Waals surface area contributed by atoms with E-state index in [1.54, 1.807) is 6.07 Å². The van der Waals surface area contributed by atoms with Gasteiger partial charge in [0.15, 0.2) is 0 Å². The summed E-state index contributed by atoms with van der Waals surface area (Å²) in [4.78, 5) is -0.543. The molecule has 1 aliphatic rings. The zero-order valence-corrected chi connectivity index (χ0v) is 8.68. The van der Waals surface area contributed by atoms with Crippen molar-refractivity contribution in [3.63, 3.8) is 0 Å². The highest BCUT2D eigenvalue weighted by Crippen LogP contribution is 2.44. The van der Waals surface area contributed by atoms with Crippen LogP contribution in [0, 0.1) is 0 Å². The first kappa shape index (κ1) is 9.25. The molecule has 68 valence electrons. The molecule has 0 radical (unpaired) electrons. The molecule has 5 heteroatoms. The largest absolute Gasteiger partial charge is 0.289 e. The Morgan fingerprint density at radius 3 is 2.46 bits per heavy atom. The SMILES string of the molecule is ClC(Cl)c1cccc(C2(Cl)N=N2)c1. The molecular formula is C8H5Cl3N2. The van der Waals surface area contributed by atoms with Crippen LogP contribution in [0.2, 0.25) is 0 Å². The van der Waals surface area contributed by atoms with E-state index in [1.807, 2.05) is 18.2 Å². The van der Waals surface area contributed by atoms with Gasteiger partial charge < -0.3 is 0 Å². The van der Waals surface area contributed by atoms with Crippen LogP contribution in [-0.2, 0) is 5.12 Å². The van der Waals surface area contributed by atoms with Crippen LogP contribution in [0.4, 0.5) is 0 Å². The van der Waals surface area contributed by atoms with Crippen LogP contribution in [0.3, 0.4) is 0 Å². The summed E-state index contributed by atoms with van der Waals surface area (Å²) in [6.45, 7) is 0. The van der Waals surface area contributed by atoms with E-state index in [1.165, 1.54) is 0 Å². The minimum atomic E-state index is -0.876. The van der Waals surface area contributed by atoms with Gasteiger partial charge in [-0.25, -0.2) is 0 Å². The average molecular weight is 236 g/mol. The third-order valence-corrected chi connectivity index (χ3v) is 2.65. The van der Waals surface area contributed by atoms with Gasteiger partial charge in [0.25, 0.3) is 5.12 Å². The minimum Gasteiger partial charge on any atom is -0.135 e. The molecule has 0 saturated heterocycles. The van der Waals surface area contributed by atoms with Gasteiger partial charge in [0.05, 0.1) is 0 Å². The first-order valence-corrected chi connectivity index (χ1v) is 4.88. The van der Waals surface area contributed by atoms with Gasteiger partial charge in [-0.15, -0.1) is 33.4 Å². The van der Waals surface area contributed by atoms with E-state index in [0.717, 1.165) is 11.1 Å². The van der Waals surface area contributed by atoms with Crippen LogP contribution in [0.25, 0.3) is 0 Å². The lowest BCUT2D eigenvalue weighted by molar-refractivity contribution is 0.936. The van der Waals surface area contributed by atoms with E-state index in [4.69, 9.17) is 34.8 Å². The lowest BCUT2D eigenvalue weighted by atomic mass is 10.1. The molecule has 0 saturated carbocycles. The third kappa shape index (κ3) is 1.80. The quantitative estimate of drug-likeness (QED) is 0.547. The normalized spacial score (nSPS) is 17.8. The Bertz CT molecular complexity index is 356. The fraction of sp³-hybridized carbons (Fsp3) is 0.250. The second-order valence-corrected chi connectivity index (χ2v) is 4.34. The van der Waals surface area contributed by atoms with E-state index in [2.05, 4.69) is 10.2 Å². The summed E-state index contributed by atoms with van der Waals surface area (Å²) in [5.74, 6) is 0. The van der Waals surface area contributed by atoms with Gasteiger partial charge in [0.1, 0.15) is 4.84 Å². The molecule has 2 rings (SSSR count). The van der Waals surface area contributed by atoms with Crippen LogP contribution in [0.15, 0.2) is 34.5 Å². The van der Waals surface area contributed by atoms with Crippen molar-refractivity contribution in [1.82, 2.24) is 0 Å². The monoisotopic (exact) mass is 234 g/mol. The van der Waals surface area contributed by atoms with Crippen molar-refractivity contribution in [3.05, 3.63) is 35.4 Å².